The molecule has 2 aromatic carbocycles. The van der Waals surface area contributed by atoms with Gasteiger partial charge in [-0.1, -0.05) is 24.3 Å². The highest BCUT2D eigenvalue weighted by molar-refractivity contribution is 5.95. The van der Waals surface area contributed by atoms with Crippen LogP contribution in [0.4, 0.5) is 15.1 Å². The first-order valence-electron chi connectivity index (χ1n) is 15.9. The quantitative estimate of drug-likeness (QED) is 0.244. The van der Waals surface area contributed by atoms with E-state index in [2.05, 4.69) is 21.0 Å². The van der Waals surface area contributed by atoms with Crippen molar-refractivity contribution in [2.24, 2.45) is 0 Å². The highest BCUT2D eigenvalue weighted by Gasteiger charge is 2.27. The van der Waals surface area contributed by atoms with Gasteiger partial charge in [-0.2, -0.15) is 4.98 Å². The second-order valence-electron chi connectivity index (χ2n) is 12.5. The van der Waals surface area contributed by atoms with E-state index in [1.54, 1.807) is 24.4 Å². The number of nitrogens with zero attached hydrogens (tertiary/aromatic N) is 5. The van der Waals surface area contributed by atoms with Gasteiger partial charge in [-0.25, -0.2) is 14.2 Å². The Kier molecular flexibility index (Phi) is 6.86. The normalized spacial score (nSPS) is 16.9. The van der Waals surface area contributed by atoms with E-state index in [4.69, 9.17) is 5.73 Å². The molecule has 4 N–H and O–H groups in total. The summed E-state index contributed by atoms with van der Waals surface area (Å²) in [5.74, 6) is -0.120. The number of nitrogens with two attached hydrogens (primary N) is 1. The predicted octanol–water partition coefficient (Wildman–Crippen LogP) is 5.32. The number of pyridine rings is 1. The maximum absolute atomic E-state index is 15.3. The van der Waals surface area contributed by atoms with Crippen LogP contribution in [0.2, 0.25) is 0 Å². The number of carbonyl (C=O) groups excluding carboxylic acids is 1. The number of aromatic nitrogens is 4. The van der Waals surface area contributed by atoms with Crippen LogP contribution in [0, 0.1) is 5.82 Å². The topological polar surface area (TPSA) is 133 Å². The van der Waals surface area contributed by atoms with Gasteiger partial charge in [0.1, 0.15) is 11.5 Å². The second-order valence-corrected chi connectivity index (χ2v) is 12.5. The molecule has 0 atom stereocenters. The minimum atomic E-state index is -0.536. The Labute approximate surface area is 264 Å². The zero-order valence-corrected chi connectivity index (χ0v) is 25.3. The van der Waals surface area contributed by atoms with Crippen LogP contribution in [-0.4, -0.2) is 66.6 Å². The number of carbonyl (C=O) groups is 1. The average molecular weight is 620 g/mol. The number of hydrogen-bond acceptors (Lipinski definition) is 6. The summed E-state index contributed by atoms with van der Waals surface area (Å²) >= 11 is 0. The standard InChI is InChI=1S/C35H34FN7O3/c36-27-17-23(20-6-7-20)16-22-10-15-43(33(45)30(22)27)29-5-3-4-24(26(29)19-44)31-25-18-28(38-32(25)40-34(37)39-31)21-8-13-42(14-9-21)35(46)41-11-1-2-12-41/h3-5,8,10,15-18,20,44H,1-2,6-7,9,11-14,19H2,(H3,37,38,39,40). The van der Waals surface area contributed by atoms with E-state index in [1.165, 1.54) is 10.6 Å². The minimum Gasteiger partial charge on any atom is -0.392 e. The molecule has 0 unspecified atom stereocenters. The SMILES string of the molecule is Nc1nc(-c2cccc(-n3ccc4cc(C5CC5)cc(F)c4c3=O)c2CO)c2cc(C3=CCN(C(=O)N4CCCC4)CC3)[nH]c2n1. The molecule has 3 aliphatic rings. The van der Waals surface area contributed by atoms with Gasteiger partial charge in [0.2, 0.25) is 5.95 Å². The smallest absolute Gasteiger partial charge is 0.320 e. The molecular formula is C35H34FN7O3. The first-order chi connectivity index (χ1) is 22.4. The van der Waals surface area contributed by atoms with Crippen molar-refractivity contribution in [3.05, 3.63) is 87.7 Å². The van der Waals surface area contributed by atoms with E-state index in [0.29, 0.717) is 64.4 Å². The number of aliphatic hydroxyl groups is 1. The van der Waals surface area contributed by atoms with Crippen molar-refractivity contribution in [1.82, 2.24) is 29.3 Å². The van der Waals surface area contributed by atoms with Crippen molar-refractivity contribution in [3.63, 3.8) is 0 Å². The van der Waals surface area contributed by atoms with Gasteiger partial charge in [-0.3, -0.25) is 9.36 Å². The monoisotopic (exact) mass is 619 g/mol. The number of nitrogens with one attached hydrogen (secondary N) is 1. The molecule has 1 saturated heterocycles. The predicted molar refractivity (Wildman–Crippen MR) is 175 cm³/mol. The summed E-state index contributed by atoms with van der Waals surface area (Å²) in [4.78, 5) is 42.8. The van der Waals surface area contributed by atoms with Crippen molar-refractivity contribution >= 4 is 39.4 Å². The van der Waals surface area contributed by atoms with E-state index in [9.17, 15) is 14.7 Å². The molecule has 234 valence electrons. The van der Waals surface area contributed by atoms with Crippen molar-refractivity contribution in [2.75, 3.05) is 31.9 Å². The summed E-state index contributed by atoms with van der Waals surface area (Å²) in [6.45, 7) is 2.40. The van der Waals surface area contributed by atoms with Crippen LogP contribution in [-0.2, 0) is 6.61 Å². The maximum atomic E-state index is 15.3. The highest BCUT2D eigenvalue weighted by Crippen LogP contribution is 2.41. The number of likely N-dealkylation sites (tertiary alicyclic amines) is 1. The summed E-state index contributed by atoms with van der Waals surface area (Å²) in [6, 6.07) is 12.5. The molecule has 5 aromatic rings. The van der Waals surface area contributed by atoms with Gasteiger partial charge in [-0.15, -0.1) is 0 Å². The first-order valence-corrected chi connectivity index (χ1v) is 15.9. The fraction of sp³-hybridized carbons (Fsp3) is 0.314. The van der Waals surface area contributed by atoms with Crippen LogP contribution in [0.1, 0.15) is 54.8 Å². The molecular weight excluding hydrogens is 585 g/mol. The van der Waals surface area contributed by atoms with Crippen LogP contribution in [0.25, 0.3) is 44.3 Å². The van der Waals surface area contributed by atoms with E-state index < -0.39 is 18.0 Å². The van der Waals surface area contributed by atoms with Crippen LogP contribution in [0.5, 0.6) is 0 Å². The molecule has 0 spiro atoms. The van der Waals surface area contributed by atoms with Crippen LogP contribution >= 0.6 is 0 Å². The van der Waals surface area contributed by atoms with Crippen molar-refractivity contribution in [3.8, 4) is 16.9 Å². The van der Waals surface area contributed by atoms with Gasteiger partial charge < -0.3 is 25.6 Å². The molecule has 8 rings (SSSR count). The Morgan fingerprint density at radius 1 is 1.07 bits per heavy atom. The van der Waals surface area contributed by atoms with Crippen molar-refractivity contribution in [2.45, 2.75) is 44.6 Å². The zero-order valence-electron chi connectivity index (χ0n) is 25.3. The molecule has 2 amide bonds. The third kappa shape index (κ3) is 4.82. The lowest BCUT2D eigenvalue weighted by atomic mass is 9.99. The van der Waals surface area contributed by atoms with Gasteiger partial charge >= 0.3 is 6.03 Å². The Hall–Kier alpha value is -5.03. The number of aliphatic hydroxyl groups excluding tert-OH is 1. The Morgan fingerprint density at radius 2 is 1.89 bits per heavy atom. The van der Waals surface area contributed by atoms with Crippen LogP contribution in [0.3, 0.4) is 0 Å². The Bertz CT molecular complexity index is 2120. The maximum Gasteiger partial charge on any atom is 0.320 e. The summed E-state index contributed by atoms with van der Waals surface area (Å²) in [6.07, 6.45) is 8.57. The minimum absolute atomic E-state index is 0.0200. The fourth-order valence-electron chi connectivity index (χ4n) is 6.98. The number of halogens is 1. The van der Waals surface area contributed by atoms with E-state index in [-0.39, 0.29) is 17.4 Å². The third-order valence-corrected chi connectivity index (χ3v) is 9.56. The lowest BCUT2D eigenvalue weighted by Gasteiger charge is -2.30. The highest BCUT2D eigenvalue weighted by atomic mass is 19.1. The van der Waals surface area contributed by atoms with Gasteiger partial charge in [-0.05, 0) is 78.8 Å². The number of amides is 2. The largest absolute Gasteiger partial charge is 0.392 e. The molecule has 0 radical (unpaired) electrons. The van der Waals surface area contributed by atoms with Gasteiger partial charge in [0.15, 0.2) is 0 Å². The summed E-state index contributed by atoms with van der Waals surface area (Å²) in [7, 11) is 0. The lowest BCUT2D eigenvalue weighted by Crippen LogP contribution is -2.43. The molecule has 1 saturated carbocycles. The Morgan fingerprint density at radius 3 is 2.63 bits per heavy atom. The fourth-order valence-corrected chi connectivity index (χ4v) is 6.98. The number of anilines is 1. The number of fused-ring (bicyclic) bond motifs is 2. The third-order valence-electron chi connectivity index (χ3n) is 9.56. The molecule has 1 aliphatic carbocycles. The van der Waals surface area contributed by atoms with Crippen LogP contribution in [0.15, 0.2) is 59.5 Å². The average Bonchev–Trinajstić information content (AvgIpc) is 3.60. The number of nitrogen functional groups attached to an aromatic ring is 1. The number of benzene rings is 2. The summed E-state index contributed by atoms with van der Waals surface area (Å²) < 4.78 is 16.7. The number of H-pyrrole nitrogens is 1. The van der Waals surface area contributed by atoms with Crippen LogP contribution < -0.4 is 11.3 Å². The Balaban J connectivity index is 1.18. The summed E-state index contributed by atoms with van der Waals surface area (Å²) in [5, 5.41) is 12.0. The molecule has 10 nitrogen and oxygen atoms in total. The number of rotatable bonds is 5. The lowest BCUT2D eigenvalue weighted by molar-refractivity contribution is 0.167. The van der Waals surface area contributed by atoms with Gasteiger partial charge in [0.05, 0.1) is 23.4 Å². The van der Waals surface area contributed by atoms with E-state index in [1.807, 2.05) is 28.0 Å². The number of hydrogen-bond donors (Lipinski definition) is 3. The molecule has 46 heavy (non-hydrogen) atoms. The first kappa shape index (κ1) is 28.4. The molecule has 0 bridgehead atoms. The number of aromatic amines is 1. The van der Waals surface area contributed by atoms with E-state index >= 15 is 4.39 Å². The molecule has 11 heteroatoms. The van der Waals surface area contributed by atoms with E-state index in [0.717, 1.165) is 55.6 Å². The molecule has 5 heterocycles. The van der Waals surface area contributed by atoms with Gasteiger partial charge in [0, 0.05) is 54.6 Å². The molecule has 2 fully saturated rings. The number of urea groups is 1. The molecule has 3 aromatic heterocycles. The summed E-state index contributed by atoms with van der Waals surface area (Å²) in [5.41, 5.74) is 11.0. The molecule has 2 aliphatic heterocycles. The second kappa shape index (κ2) is 11.1. The zero-order chi connectivity index (χ0) is 31.5. The van der Waals surface area contributed by atoms with Gasteiger partial charge in [0.25, 0.3) is 5.56 Å². The van der Waals surface area contributed by atoms with Crippen molar-refractivity contribution < 1.29 is 14.3 Å². The van der Waals surface area contributed by atoms with Crippen molar-refractivity contribution in [1.29, 1.82) is 0 Å².